The van der Waals surface area contributed by atoms with Crippen molar-refractivity contribution in [1.82, 2.24) is 4.98 Å². The Morgan fingerprint density at radius 3 is 2.85 bits per heavy atom. The third-order valence-electron chi connectivity index (χ3n) is 2.68. The smallest absolute Gasteiger partial charge is 0.288 e. The molecule has 0 saturated heterocycles. The summed E-state index contributed by atoms with van der Waals surface area (Å²) in [6, 6.07) is 9.03. The van der Waals surface area contributed by atoms with Gasteiger partial charge in [-0.15, -0.1) is 0 Å². The molecule has 0 spiro atoms. The number of rotatable bonds is 5. The summed E-state index contributed by atoms with van der Waals surface area (Å²) in [6.45, 7) is 0.507. The van der Waals surface area contributed by atoms with Crippen LogP contribution in [0.15, 0.2) is 41.0 Å². The normalized spacial score (nSPS) is 10.1. The number of para-hydroxylation sites is 1. The topological polar surface area (TPSA) is 77.3 Å². The molecule has 1 N–H and O–H groups in total. The summed E-state index contributed by atoms with van der Waals surface area (Å²) in [4.78, 5) is 14.2. The fourth-order valence-electron chi connectivity index (χ4n) is 1.69. The van der Waals surface area contributed by atoms with Crippen molar-refractivity contribution in [3.05, 3.63) is 56.7 Å². The molecule has 0 bridgehead atoms. The van der Waals surface area contributed by atoms with Crippen LogP contribution in [0, 0.1) is 10.1 Å². The van der Waals surface area contributed by atoms with Crippen LogP contribution in [-0.2, 0) is 6.54 Å². The van der Waals surface area contributed by atoms with E-state index in [0.29, 0.717) is 16.8 Å². The van der Waals surface area contributed by atoms with Crippen molar-refractivity contribution in [3.8, 4) is 5.75 Å². The summed E-state index contributed by atoms with van der Waals surface area (Å²) >= 11 is 3.26. The molecule has 0 aliphatic rings. The largest absolute Gasteiger partial charge is 0.496 e. The van der Waals surface area contributed by atoms with E-state index in [9.17, 15) is 10.1 Å². The van der Waals surface area contributed by atoms with Gasteiger partial charge in [-0.1, -0.05) is 18.2 Å². The van der Waals surface area contributed by atoms with E-state index in [1.54, 1.807) is 7.11 Å². The standard InChI is InChI=1S/C13H12BrN3O3/c1-20-12-5-3-2-4-9(12)7-15-13-11(14)6-10(8-16-13)17(18)19/h2-6,8H,7H2,1H3,(H,15,16). The minimum Gasteiger partial charge on any atom is -0.496 e. The van der Waals surface area contributed by atoms with Crippen molar-refractivity contribution in [2.24, 2.45) is 0 Å². The maximum atomic E-state index is 10.6. The Morgan fingerprint density at radius 2 is 2.20 bits per heavy atom. The van der Waals surface area contributed by atoms with Crippen molar-refractivity contribution in [1.29, 1.82) is 0 Å². The van der Waals surface area contributed by atoms with E-state index in [1.807, 2.05) is 24.3 Å². The minimum absolute atomic E-state index is 0.0558. The van der Waals surface area contributed by atoms with Gasteiger partial charge in [-0.25, -0.2) is 4.98 Å². The van der Waals surface area contributed by atoms with Gasteiger partial charge in [0.2, 0.25) is 0 Å². The van der Waals surface area contributed by atoms with Crippen LogP contribution >= 0.6 is 15.9 Å². The monoisotopic (exact) mass is 337 g/mol. The molecular weight excluding hydrogens is 326 g/mol. The second-order valence-corrected chi connectivity index (χ2v) is 4.80. The predicted octanol–water partition coefficient (Wildman–Crippen LogP) is 3.37. The third-order valence-corrected chi connectivity index (χ3v) is 3.28. The van der Waals surface area contributed by atoms with Crippen LogP contribution in [0.1, 0.15) is 5.56 Å². The second-order valence-electron chi connectivity index (χ2n) is 3.95. The van der Waals surface area contributed by atoms with Gasteiger partial charge in [0.25, 0.3) is 5.69 Å². The van der Waals surface area contributed by atoms with Crippen LogP contribution < -0.4 is 10.1 Å². The van der Waals surface area contributed by atoms with Gasteiger partial charge in [0.1, 0.15) is 17.8 Å². The third kappa shape index (κ3) is 3.24. The molecule has 0 atom stereocenters. The Hall–Kier alpha value is -2.15. The number of ether oxygens (including phenoxy) is 1. The first kappa shape index (κ1) is 14.3. The van der Waals surface area contributed by atoms with E-state index in [2.05, 4.69) is 26.2 Å². The zero-order chi connectivity index (χ0) is 14.5. The summed E-state index contributed by atoms with van der Waals surface area (Å²) < 4.78 is 5.80. The summed E-state index contributed by atoms with van der Waals surface area (Å²) in [6.07, 6.45) is 1.22. The molecule has 0 aliphatic carbocycles. The lowest BCUT2D eigenvalue weighted by Gasteiger charge is -2.10. The quantitative estimate of drug-likeness (QED) is 0.668. The predicted molar refractivity (Wildman–Crippen MR) is 78.9 cm³/mol. The van der Waals surface area contributed by atoms with Gasteiger partial charge in [0, 0.05) is 18.2 Å². The van der Waals surface area contributed by atoms with Crippen LogP contribution in [-0.4, -0.2) is 17.0 Å². The van der Waals surface area contributed by atoms with Crippen molar-refractivity contribution in [3.63, 3.8) is 0 Å². The molecule has 104 valence electrons. The summed E-state index contributed by atoms with van der Waals surface area (Å²) in [5.74, 6) is 1.32. The Morgan fingerprint density at radius 1 is 1.45 bits per heavy atom. The van der Waals surface area contributed by atoms with Crippen molar-refractivity contribution < 1.29 is 9.66 Å². The van der Waals surface area contributed by atoms with E-state index >= 15 is 0 Å². The number of hydrogen-bond donors (Lipinski definition) is 1. The number of anilines is 1. The molecule has 6 nitrogen and oxygen atoms in total. The van der Waals surface area contributed by atoms with Gasteiger partial charge in [-0.05, 0) is 22.0 Å². The number of pyridine rings is 1. The fourth-order valence-corrected chi connectivity index (χ4v) is 2.16. The van der Waals surface area contributed by atoms with Crippen molar-refractivity contribution in [2.75, 3.05) is 12.4 Å². The van der Waals surface area contributed by atoms with E-state index in [0.717, 1.165) is 11.3 Å². The lowest BCUT2D eigenvalue weighted by atomic mass is 10.2. The first-order chi connectivity index (χ1) is 9.61. The number of nitrogens with zero attached hydrogens (tertiary/aromatic N) is 2. The number of nitro groups is 1. The molecule has 0 aliphatic heterocycles. The molecule has 1 heterocycles. The van der Waals surface area contributed by atoms with Crippen LogP contribution in [0.5, 0.6) is 5.75 Å². The fraction of sp³-hybridized carbons (Fsp3) is 0.154. The number of benzene rings is 1. The van der Waals surface area contributed by atoms with Crippen LogP contribution in [0.4, 0.5) is 11.5 Å². The highest BCUT2D eigenvalue weighted by Gasteiger charge is 2.10. The van der Waals surface area contributed by atoms with Gasteiger partial charge in [0.05, 0.1) is 16.5 Å². The SMILES string of the molecule is COc1ccccc1CNc1ncc([N+](=O)[O-])cc1Br. The molecule has 1 aromatic carbocycles. The summed E-state index contributed by atoms with van der Waals surface area (Å²) in [5.41, 5.74) is 0.918. The molecule has 2 aromatic rings. The number of halogens is 1. The first-order valence-electron chi connectivity index (χ1n) is 5.77. The molecule has 0 amide bonds. The molecule has 1 aromatic heterocycles. The second kappa shape index (κ2) is 6.33. The first-order valence-corrected chi connectivity index (χ1v) is 6.57. The van der Waals surface area contributed by atoms with Gasteiger partial charge in [-0.2, -0.15) is 0 Å². The highest BCUT2D eigenvalue weighted by molar-refractivity contribution is 9.10. The lowest BCUT2D eigenvalue weighted by Crippen LogP contribution is -2.04. The molecule has 0 radical (unpaired) electrons. The molecule has 0 unspecified atom stereocenters. The maximum Gasteiger partial charge on any atom is 0.288 e. The average Bonchev–Trinajstić information content (AvgIpc) is 2.46. The highest BCUT2D eigenvalue weighted by atomic mass is 79.9. The van der Waals surface area contributed by atoms with Gasteiger partial charge in [-0.3, -0.25) is 10.1 Å². The van der Waals surface area contributed by atoms with E-state index in [-0.39, 0.29) is 5.69 Å². The Balaban J connectivity index is 2.13. The molecule has 2 rings (SSSR count). The molecule has 20 heavy (non-hydrogen) atoms. The van der Waals surface area contributed by atoms with Gasteiger partial charge in [0.15, 0.2) is 0 Å². The lowest BCUT2D eigenvalue weighted by molar-refractivity contribution is -0.385. The van der Waals surface area contributed by atoms with E-state index in [1.165, 1.54) is 12.3 Å². The molecule has 0 saturated carbocycles. The zero-order valence-corrected chi connectivity index (χ0v) is 12.3. The number of methoxy groups -OCH3 is 1. The Labute approximate surface area is 124 Å². The van der Waals surface area contributed by atoms with Gasteiger partial charge < -0.3 is 10.1 Å². The number of aromatic nitrogens is 1. The van der Waals surface area contributed by atoms with E-state index in [4.69, 9.17) is 4.74 Å². The molecule has 0 fully saturated rings. The number of hydrogen-bond acceptors (Lipinski definition) is 5. The van der Waals surface area contributed by atoms with Crippen LogP contribution in [0.3, 0.4) is 0 Å². The average molecular weight is 338 g/mol. The number of nitrogens with one attached hydrogen (secondary N) is 1. The molecule has 7 heteroatoms. The minimum atomic E-state index is -0.484. The van der Waals surface area contributed by atoms with Crippen LogP contribution in [0.25, 0.3) is 0 Å². The van der Waals surface area contributed by atoms with E-state index < -0.39 is 4.92 Å². The Bertz CT molecular complexity index is 634. The highest BCUT2D eigenvalue weighted by Crippen LogP contribution is 2.26. The Kier molecular flexibility index (Phi) is 4.52. The molecular formula is C13H12BrN3O3. The maximum absolute atomic E-state index is 10.6. The summed E-state index contributed by atoms with van der Waals surface area (Å²) in [5, 5.41) is 13.7. The van der Waals surface area contributed by atoms with Crippen molar-refractivity contribution in [2.45, 2.75) is 6.54 Å². The van der Waals surface area contributed by atoms with Crippen LogP contribution in [0.2, 0.25) is 0 Å². The van der Waals surface area contributed by atoms with Crippen molar-refractivity contribution >= 4 is 27.4 Å². The van der Waals surface area contributed by atoms with Gasteiger partial charge >= 0.3 is 0 Å². The summed E-state index contributed by atoms with van der Waals surface area (Å²) in [7, 11) is 1.61. The zero-order valence-electron chi connectivity index (χ0n) is 10.7.